The second-order valence-electron chi connectivity index (χ2n) is 10.6. The fraction of sp³-hybridized carbons (Fsp3) is 0.464. The van der Waals surface area contributed by atoms with Gasteiger partial charge >= 0.3 is 0 Å². The molecule has 0 aromatic carbocycles. The highest BCUT2D eigenvalue weighted by Gasteiger charge is 2.24. The minimum Gasteiger partial charge on any atom is -0.351 e. The SMILES string of the molecule is CCC1CCCC(CC)N(CCNC(=O)c2cnc3c(c2)[nH]c(=O)c2c3nn3cc(-c4cnn(C)c4)sc23)C1. The molecule has 1 saturated heterocycles. The lowest BCUT2D eigenvalue weighted by Gasteiger charge is -2.31. The summed E-state index contributed by atoms with van der Waals surface area (Å²) in [5.74, 6) is 0.544. The number of carbonyl (C=O) groups excluding carboxylic acids is 1. The molecular weight excluding hydrogens is 512 g/mol. The highest BCUT2D eigenvalue weighted by molar-refractivity contribution is 7.21. The minimum atomic E-state index is -0.247. The van der Waals surface area contributed by atoms with Crippen LogP contribution in [0.2, 0.25) is 0 Å². The van der Waals surface area contributed by atoms with Crippen molar-refractivity contribution in [2.75, 3.05) is 19.6 Å². The molecular formula is C28H34N8O2S. The van der Waals surface area contributed by atoms with Crippen molar-refractivity contribution in [1.82, 2.24) is 39.6 Å². The number of hydrogen-bond acceptors (Lipinski definition) is 7. The molecule has 39 heavy (non-hydrogen) atoms. The Hall–Kier alpha value is -3.57. The molecule has 1 aliphatic rings. The molecule has 2 unspecified atom stereocenters. The molecule has 6 heterocycles. The smallest absolute Gasteiger partial charge is 0.261 e. The zero-order valence-electron chi connectivity index (χ0n) is 22.6. The predicted octanol–water partition coefficient (Wildman–Crippen LogP) is 4.21. The summed E-state index contributed by atoms with van der Waals surface area (Å²) in [5, 5.41) is 12.5. The summed E-state index contributed by atoms with van der Waals surface area (Å²) in [5.41, 5.74) is 2.75. The van der Waals surface area contributed by atoms with Gasteiger partial charge in [-0.3, -0.25) is 24.2 Å². The molecule has 10 nitrogen and oxygen atoms in total. The van der Waals surface area contributed by atoms with Gasteiger partial charge in [0, 0.05) is 56.9 Å². The Morgan fingerprint density at radius 2 is 2.05 bits per heavy atom. The molecule has 1 aliphatic heterocycles. The van der Waals surface area contributed by atoms with E-state index >= 15 is 0 Å². The quantitative estimate of drug-likeness (QED) is 0.316. The van der Waals surface area contributed by atoms with Crippen LogP contribution in [0.1, 0.15) is 56.3 Å². The van der Waals surface area contributed by atoms with Gasteiger partial charge < -0.3 is 10.3 Å². The van der Waals surface area contributed by atoms with E-state index in [2.05, 4.69) is 44.2 Å². The molecule has 2 N–H and O–H groups in total. The molecule has 0 spiro atoms. The zero-order chi connectivity index (χ0) is 27.1. The molecule has 5 aromatic rings. The van der Waals surface area contributed by atoms with E-state index in [-0.39, 0.29) is 11.5 Å². The van der Waals surface area contributed by atoms with Crippen molar-refractivity contribution in [1.29, 1.82) is 0 Å². The third-order valence-corrected chi connectivity index (χ3v) is 9.19. The Kier molecular flexibility index (Phi) is 6.94. The average Bonchev–Trinajstić information content (AvgIpc) is 3.59. The van der Waals surface area contributed by atoms with E-state index in [1.807, 2.05) is 19.4 Å². The van der Waals surface area contributed by atoms with Gasteiger partial charge in [-0.15, -0.1) is 11.3 Å². The standard InChI is InChI=1S/C28H34N8O2S/c1-4-17-7-6-8-20(5-2)35(14-17)10-9-29-26(37)18-11-21-24(30-12-18)25-23(27(38)32-21)28-36(33-25)16-22(39-28)19-13-31-34(3)15-19/h11-13,15-17,20H,4-10,14H2,1-3H3,(H,29,37)(H,32,38). The molecule has 5 aromatic heterocycles. The number of hydrogen-bond donors (Lipinski definition) is 2. The van der Waals surface area contributed by atoms with Gasteiger partial charge in [0.15, 0.2) is 0 Å². The molecule has 1 fully saturated rings. The number of pyridine rings is 2. The maximum atomic E-state index is 13.1. The van der Waals surface area contributed by atoms with Crippen LogP contribution >= 0.6 is 11.3 Å². The van der Waals surface area contributed by atoms with Crippen LogP contribution in [-0.4, -0.2) is 65.8 Å². The van der Waals surface area contributed by atoms with Crippen molar-refractivity contribution in [3.05, 3.63) is 46.8 Å². The Balaban J connectivity index is 1.22. The van der Waals surface area contributed by atoms with Crippen LogP contribution in [-0.2, 0) is 7.05 Å². The first-order valence-corrected chi connectivity index (χ1v) is 14.6. The summed E-state index contributed by atoms with van der Waals surface area (Å²) < 4.78 is 3.47. The number of likely N-dealkylation sites (tertiary alicyclic amines) is 1. The Morgan fingerprint density at radius 3 is 2.82 bits per heavy atom. The third-order valence-electron chi connectivity index (χ3n) is 8.04. The van der Waals surface area contributed by atoms with Gasteiger partial charge in [0.05, 0.1) is 22.2 Å². The van der Waals surface area contributed by atoms with Crippen molar-refractivity contribution >= 4 is 44.0 Å². The Bertz CT molecular complexity index is 1710. The van der Waals surface area contributed by atoms with Crippen molar-refractivity contribution in [3.8, 4) is 10.4 Å². The summed E-state index contributed by atoms with van der Waals surface area (Å²) in [6.07, 6.45) is 13.3. The number of carbonyl (C=O) groups is 1. The molecule has 0 saturated carbocycles. The zero-order valence-corrected chi connectivity index (χ0v) is 23.4. The number of nitrogens with one attached hydrogen (secondary N) is 2. The summed E-state index contributed by atoms with van der Waals surface area (Å²) in [4.78, 5) is 37.9. The topological polar surface area (TPSA) is 113 Å². The van der Waals surface area contributed by atoms with Gasteiger partial charge in [-0.05, 0) is 31.2 Å². The normalized spacial score (nSPS) is 18.7. The number of amides is 1. The number of H-pyrrole nitrogens is 1. The van der Waals surface area contributed by atoms with E-state index in [1.165, 1.54) is 37.0 Å². The lowest BCUT2D eigenvalue weighted by molar-refractivity contribution is 0.0940. The van der Waals surface area contributed by atoms with Gasteiger partial charge in [-0.25, -0.2) is 4.52 Å². The van der Waals surface area contributed by atoms with E-state index in [4.69, 9.17) is 0 Å². The molecule has 204 valence electrons. The maximum Gasteiger partial charge on any atom is 0.261 e. The number of nitrogens with zero attached hydrogens (tertiary/aromatic N) is 6. The van der Waals surface area contributed by atoms with Gasteiger partial charge in [-0.1, -0.05) is 26.7 Å². The predicted molar refractivity (Wildman–Crippen MR) is 154 cm³/mol. The maximum absolute atomic E-state index is 13.1. The lowest BCUT2D eigenvalue weighted by atomic mass is 10.0. The van der Waals surface area contributed by atoms with Crippen molar-refractivity contribution < 1.29 is 4.79 Å². The van der Waals surface area contributed by atoms with Gasteiger partial charge in [0.1, 0.15) is 21.3 Å². The number of thiazole rings is 1. The largest absolute Gasteiger partial charge is 0.351 e. The summed E-state index contributed by atoms with van der Waals surface area (Å²) in [6, 6.07) is 2.28. The number of fused-ring (bicyclic) bond motifs is 5. The molecule has 0 radical (unpaired) electrons. The summed E-state index contributed by atoms with van der Waals surface area (Å²) in [7, 11) is 1.87. The highest BCUT2D eigenvalue weighted by Crippen LogP contribution is 2.33. The molecule has 0 bridgehead atoms. The fourth-order valence-corrected chi connectivity index (χ4v) is 6.90. The van der Waals surface area contributed by atoms with Crippen LogP contribution in [0.5, 0.6) is 0 Å². The molecule has 1 amide bonds. The Labute approximate surface area is 230 Å². The van der Waals surface area contributed by atoms with Crippen molar-refractivity contribution in [3.63, 3.8) is 0 Å². The van der Waals surface area contributed by atoms with Crippen molar-refractivity contribution in [2.45, 2.75) is 52.0 Å². The van der Waals surface area contributed by atoms with E-state index in [0.717, 1.165) is 40.7 Å². The first-order chi connectivity index (χ1) is 18.9. The molecule has 11 heteroatoms. The van der Waals surface area contributed by atoms with Gasteiger partial charge in [0.25, 0.3) is 11.5 Å². The molecule has 6 rings (SSSR count). The first-order valence-electron chi connectivity index (χ1n) is 13.8. The van der Waals surface area contributed by atoms with E-state index < -0.39 is 0 Å². The van der Waals surface area contributed by atoms with E-state index in [9.17, 15) is 9.59 Å². The van der Waals surface area contributed by atoms with Crippen LogP contribution in [0.4, 0.5) is 0 Å². The van der Waals surface area contributed by atoms with E-state index in [0.29, 0.717) is 40.1 Å². The monoisotopic (exact) mass is 546 g/mol. The number of aromatic nitrogens is 6. The summed E-state index contributed by atoms with van der Waals surface area (Å²) >= 11 is 1.49. The van der Waals surface area contributed by atoms with Crippen molar-refractivity contribution in [2.24, 2.45) is 13.0 Å². The van der Waals surface area contributed by atoms with Crippen LogP contribution in [0.15, 0.2) is 35.6 Å². The number of aromatic amines is 1. The Morgan fingerprint density at radius 1 is 1.18 bits per heavy atom. The van der Waals surface area contributed by atoms with Crippen LogP contribution < -0.4 is 10.9 Å². The lowest BCUT2D eigenvalue weighted by Crippen LogP contribution is -2.42. The van der Waals surface area contributed by atoms with Gasteiger partial charge in [0.2, 0.25) is 0 Å². The second kappa shape index (κ2) is 10.5. The van der Waals surface area contributed by atoms with Crippen LogP contribution in [0.3, 0.4) is 0 Å². The second-order valence-corrected chi connectivity index (χ2v) is 11.6. The number of aryl methyl sites for hydroxylation is 1. The van der Waals surface area contributed by atoms with Crippen LogP contribution in [0.25, 0.3) is 37.2 Å². The average molecular weight is 547 g/mol. The summed E-state index contributed by atoms with van der Waals surface area (Å²) in [6.45, 7) is 7.05. The number of rotatable bonds is 7. The third kappa shape index (κ3) is 4.85. The van der Waals surface area contributed by atoms with Crippen LogP contribution in [0, 0.1) is 5.92 Å². The van der Waals surface area contributed by atoms with E-state index in [1.54, 1.807) is 27.7 Å². The highest BCUT2D eigenvalue weighted by atomic mass is 32.1. The molecule has 2 atom stereocenters. The molecule has 0 aliphatic carbocycles. The van der Waals surface area contributed by atoms with Gasteiger partial charge in [-0.2, -0.15) is 10.2 Å². The fourth-order valence-electron chi connectivity index (χ4n) is 5.84. The minimum absolute atomic E-state index is 0.188. The first kappa shape index (κ1) is 25.7.